The van der Waals surface area contributed by atoms with Crippen molar-refractivity contribution in [2.45, 2.75) is 47.2 Å². The molecule has 0 aliphatic rings. The van der Waals surface area contributed by atoms with Gasteiger partial charge in [-0.1, -0.05) is 56.2 Å². The number of hydrogen-bond donors (Lipinski definition) is 0. The zero-order valence-corrected chi connectivity index (χ0v) is 22.2. The van der Waals surface area contributed by atoms with E-state index in [1.54, 1.807) is 19.4 Å². The molecule has 0 radical (unpaired) electrons. The fourth-order valence-corrected chi connectivity index (χ4v) is 5.78. The van der Waals surface area contributed by atoms with Crippen LogP contribution in [-0.2, 0) is 17.3 Å². The summed E-state index contributed by atoms with van der Waals surface area (Å²) in [6.45, 7) is 10.5. The smallest absolute Gasteiger partial charge is 0.418 e. The van der Waals surface area contributed by atoms with Gasteiger partial charge in [-0.2, -0.15) is 13.2 Å². The molecule has 2 aromatic heterocycles. The van der Waals surface area contributed by atoms with Crippen LogP contribution >= 0.6 is 11.3 Å². The molecule has 0 fully saturated rings. The lowest BCUT2D eigenvalue weighted by atomic mass is 9.87. The Labute approximate surface area is 214 Å². The molecule has 0 unspecified atom stereocenters. The predicted molar refractivity (Wildman–Crippen MR) is 144 cm³/mol. The highest BCUT2D eigenvalue weighted by atomic mass is 32.1. The molecule has 188 valence electrons. The van der Waals surface area contributed by atoms with Gasteiger partial charge in [-0.25, -0.2) is 0 Å². The van der Waals surface area contributed by atoms with Crippen LogP contribution in [0.25, 0.3) is 37.9 Å². The summed E-state index contributed by atoms with van der Waals surface area (Å²) >= 11 is 1.34. The molecule has 6 heteroatoms. The number of fused-ring (bicyclic) bond motifs is 1. The number of aromatic nitrogens is 1. The van der Waals surface area contributed by atoms with Gasteiger partial charge in [0.1, 0.15) is 0 Å². The quantitative estimate of drug-likeness (QED) is 0.250. The highest BCUT2D eigenvalue weighted by Gasteiger charge is 2.34. The van der Waals surface area contributed by atoms with Gasteiger partial charge < -0.3 is 4.74 Å². The number of pyridine rings is 1. The molecule has 0 saturated carbocycles. The highest BCUT2D eigenvalue weighted by molar-refractivity contribution is 7.22. The number of rotatable bonds is 5. The van der Waals surface area contributed by atoms with Crippen LogP contribution in [0.3, 0.4) is 0 Å². The van der Waals surface area contributed by atoms with Crippen LogP contribution in [0.1, 0.15) is 48.6 Å². The minimum Gasteiger partial charge on any atom is -0.504 e. The zero-order chi connectivity index (χ0) is 26.3. The number of thiophene rings is 1. The maximum atomic E-state index is 14.0. The minimum atomic E-state index is -4.50. The number of nitrogens with zero attached hydrogens (tertiary/aromatic N) is 1. The van der Waals surface area contributed by atoms with Crippen molar-refractivity contribution in [1.29, 1.82) is 0 Å². The minimum absolute atomic E-state index is 0.107. The highest BCUT2D eigenvalue weighted by Crippen LogP contribution is 2.45. The van der Waals surface area contributed by atoms with Crippen LogP contribution in [0.15, 0.2) is 54.9 Å². The normalized spacial score (nSPS) is 12.6. The van der Waals surface area contributed by atoms with Gasteiger partial charge in [0.25, 0.3) is 0 Å². The van der Waals surface area contributed by atoms with Crippen LogP contribution in [0.4, 0.5) is 13.2 Å². The van der Waals surface area contributed by atoms with E-state index in [9.17, 15) is 13.2 Å². The molecule has 0 bridgehead atoms. The van der Waals surface area contributed by atoms with Crippen LogP contribution in [0.2, 0.25) is 0 Å². The van der Waals surface area contributed by atoms with E-state index < -0.39 is 11.7 Å². The van der Waals surface area contributed by atoms with E-state index in [4.69, 9.17) is 4.74 Å². The van der Waals surface area contributed by atoms with Gasteiger partial charge in [0.2, 0.25) is 0 Å². The molecule has 36 heavy (non-hydrogen) atoms. The third-order valence-corrected chi connectivity index (χ3v) is 7.04. The molecule has 4 rings (SSSR count). The molecule has 2 aromatic carbocycles. The molecule has 2 nitrogen and oxygen atoms in total. The first-order valence-electron chi connectivity index (χ1n) is 11.8. The fourth-order valence-electron chi connectivity index (χ4n) is 4.54. The largest absolute Gasteiger partial charge is 0.504 e. The molecule has 0 amide bonds. The number of methoxy groups -OCH3 is 1. The summed E-state index contributed by atoms with van der Waals surface area (Å²) in [5.41, 5.74) is 5.79. The number of aryl methyl sites for hydroxylation is 2. The monoisotopic (exact) mass is 509 g/mol. The molecule has 0 aliphatic carbocycles. The lowest BCUT2D eigenvalue weighted by molar-refractivity contribution is -0.136. The first-order chi connectivity index (χ1) is 16.9. The average Bonchev–Trinajstić information content (AvgIpc) is 3.19. The second-order valence-corrected chi connectivity index (χ2v) is 11.5. The van der Waals surface area contributed by atoms with Crippen molar-refractivity contribution in [2.75, 3.05) is 7.11 Å². The summed E-state index contributed by atoms with van der Waals surface area (Å²) in [6, 6.07) is 13.8. The molecule has 0 N–H and O–H groups in total. The fraction of sp³-hybridized carbons (Fsp3) is 0.300. The molecule has 4 aromatic rings. The van der Waals surface area contributed by atoms with Crippen molar-refractivity contribution in [2.24, 2.45) is 5.41 Å². The van der Waals surface area contributed by atoms with E-state index in [1.807, 2.05) is 44.2 Å². The van der Waals surface area contributed by atoms with Crippen molar-refractivity contribution in [3.63, 3.8) is 0 Å². The van der Waals surface area contributed by atoms with Crippen LogP contribution < -0.4 is 0 Å². The van der Waals surface area contributed by atoms with Gasteiger partial charge in [-0.15, -0.1) is 11.3 Å². The third kappa shape index (κ3) is 5.65. The third-order valence-electron chi connectivity index (χ3n) is 5.86. The Morgan fingerprint density at radius 3 is 2.28 bits per heavy atom. The summed E-state index contributed by atoms with van der Waals surface area (Å²) in [6.07, 6.45) is 0.798. The van der Waals surface area contributed by atoms with Crippen molar-refractivity contribution < 1.29 is 17.9 Å². The molecular weight excluding hydrogens is 479 g/mol. The number of benzene rings is 2. The number of hydrogen-bond acceptors (Lipinski definition) is 3. The summed E-state index contributed by atoms with van der Waals surface area (Å²) in [4.78, 5) is 5.07. The SMILES string of the molecule is CO/C=C/c1cc(CC(C)(C)C)ccc1-c1cc2c(C(F)(F)F)cnc(-c3cc(C)cc(C)c3)c2s1. The summed E-state index contributed by atoms with van der Waals surface area (Å²) < 4.78 is 47.7. The molecule has 0 aliphatic heterocycles. The summed E-state index contributed by atoms with van der Waals surface area (Å²) in [5.74, 6) is 0. The van der Waals surface area contributed by atoms with Crippen molar-refractivity contribution in [3.8, 4) is 21.7 Å². The molecule has 0 spiro atoms. The van der Waals surface area contributed by atoms with Gasteiger partial charge in [-0.05, 0) is 66.6 Å². The Morgan fingerprint density at radius 2 is 1.67 bits per heavy atom. The number of halogens is 3. The van der Waals surface area contributed by atoms with E-state index in [2.05, 4.69) is 37.9 Å². The second-order valence-electron chi connectivity index (χ2n) is 10.4. The van der Waals surface area contributed by atoms with E-state index in [-0.39, 0.29) is 10.8 Å². The number of ether oxygens (including phenoxy) is 1. The van der Waals surface area contributed by atoms with Gasteiger partial charge in [-0.3, -0.25) is 4.98 Å². The second kappa shape index (κ2) is 9.74. The topological polar surface area (TPSA) is 22.1 Å². The standard InChI is InChI=1S/C30H30F3NOS/c1-18-11-19(2)13-22(12-18)27-28-24(25(17-34-27)30(31,32)33)15-26(36-28)23-8-7-20(16-29(3,4)5)14-21(23)9-10-35-6/h7-15,17H,16H2,1-6H3/b10-9+. The Kier molecular flexibility index (Phi) is 7.02. The predicted octanol–water partition coefficient (Wildman–Crippen LogP) is 9.47. The molecule has 0 saturated heterocycles. The lowest BCUT2D eigenvalue weighted by Crippen LogP contribution is -2.09. The maximum Gasteiger partial charge on any atom is 0.418 e. The van der Waals surface area contributed by atoms with Crippen LogP contribution in [0.5, 0.6) is 0 Å². The van der Waals surface area contributed by atoms with Crippen molar-refractivity contribution >= 4 is 27.5 Å². The van der Waals surface area contributed by atoms with Gasteiger partial charge in [0, 0.05) is 22.0 Å². The van der Waals surface area contributed by atoms with Gasteiger partial charge in [0.15, 0.2) is 0 Å². The van der Waals surface area contributed by atoms with E-state index in [0.29, 0.717) is 10.4 Å². The van der Waals surface area contributed by atoms with E-state index >= 15 is 0 Å². The molecule has 2 heterocycles. The van der Waals surface area contributed by atoms with Crippen molar-refractivity contribution in [1.82, 2.24) is 4.98 Å². The summed E-state index contributed by atoms with van der Waals surface area (Å²) in [7, 11) is 1.58. The van der Waals surface area contributed by atoms with Crippen molar-refractivity contribution in [3.05, 3.63) is 82.7 Å². The van der Waals surface area contributed by atoms with Crippen LogP contribution in [0, 0.1) is 19.3 Å². The first kappa shape index (κ1) is 26.0. The Balaban J connectivity index is 1.96. The number of alkyl halides is 3. The summed E-state index contributed by atoms with van der Waals surface area (Å²) in [5, 5.41) is 0.173. The van der Waals surface area contributed by atoms with E-state index in [0.717, 1.165) is 50.9 Å². The maximum absolute atomic E-state index is 14.0. The van der Waals surface area contributed by atoms with Gasteiger partial charge >= 0.3 is 6.18 Å². The Morgan fingerprint density at radius 1 is 0.972 bits per heavy atom. The first-order valence-corrected chi connectivity index (χ1v) is 12.6. The Bertz CT molecular complexity index is 1420. The molecular formula is C30H30F3NOS. The lowest BCUT2D eigenvalue weighted by Gasteiger charge is -2.19. The average molecular weight is 510 g/mol. The van der Waals surface area contributed by atoms with Gasteiger partial charge in [0.05, 0.1) is 29.3 Å². The molecule has 0 atom stereocenters. The Hall–Kier alpha value is -3.12. The van der Waals surface area contributed by atoms with E-state index in [1.165, 1.54) is 11.3 Å². The van der Waals surface area contributed by atoms with Crippen LogP contribution in [-0.4, -0.2) is 12.1 Å². The zero-order valence-electron chi connectivity index (χ0n) is 21.4.